The number of methoxy groups -OCH3 is 1. The van der Waals surface area contributed by atoms with Gasteiger partial charge in [-0.05, 0) is 37.6 Å². The highest BCUT2D eigenvalue weighted by atomic mass is 32.2. The lowest BCUT2D eigenvalue weighted by atomic mass is 10.2. The first-order chi connectivity index (χ1) is 12.5. The summed E-state index contributed by atoms with van der Waals surface area (Å²) in [4.78, 5) is 6.23. The van der Waals surface area contributed by atoms with Crippen LogP contribution in [0, 0.1) is 0 Å². The summed E-state index contributed by atoms with van der Waals surface area (Å²) in [6.07, 6.45) is 3.95. The van der Waals surface area contributed by atoms with Crippen LogP contribution < -0.4 is 4.74 Å². The van der Waals surface area contributed by atoms with Crippen LogP contribution in [0.5, 0.6) is 5.75 Å². The second-order valence-electron chi connectivity index (χ2n) is 6.04. The highest BCUT2D eigenvalue weighted by Crippen LogP contribution is 2.38. The van der Waals surface area contributed by atoms with Gasteiger partial charge >= 0.3 is 0 Å². The monoisotopic (exact) mass is 380 g/mol. The van der Waals surface area contributed by atoms with Gasteiger partial charge in [-0.15, -0.1) is 4.65 Å². The van der Waals surface area contributed by atoms with E-state index in [4.69, 9.17) is 19.0 Å². The van der Waals surface area contributed by atoms with Crippen molar-refractivity contribution in [3.63, 3.8) is 0 Å². The normalized spacial score (nSPS) is 23.0. The first-order valence-electron chi connectivity index (χ1n) is 8.92. The van der Waals surface area contributed by atoms with Crippen LogP contribution >= 0.6 is 11.8 Å². The summed E-state index contributed by atoms with van der Waals surface area (Å²) in [6, 6.07) is 8.01. The van der Waals surface area contributed by atoms with Crippen LogP contribution in [-0.4, -0.2) is 50.3 Å². The molecule has 2 atom stereocenters. The molecule has 1 heterocycles. The molecule has 6 heteroatoms. The van der Waals surface area contributed by atoms with E-state index in [-0.39, 0.29) is 11.7 Å². The summed E-state index contributed by atoms with van der Waals surface area (Å²) in [5.41, 5.74) is 2.29. The van der Waals surface area contributed by atoms with Gasteiger partial charge in [0.25, 0.3) is 0 Å². The van der Waals surface area contributed by atoms with E-state index in [1.54, 1.807) is 18.9 Å². The number of nitrogens with zero attached hydrogens (tertiary/aromatic N) is 1. The van der Waals surface area contributed by atoms with E-state index in [2.05, 4.69) is 31.5 Å². The second kappa shape index (κ2) is 10.1. The Morgan fingerprint density at radius 2 is 1.81 bits per heavy atom. The minimum atomic E-state index is -0.343. The predicted octanol–water partition coefficient (Wildman–Crippen LogP) is 4.42. The fourth-order valence-corrected chi connectivity index (χ4v) is 3.79. The van der Waals surface area contributed by atoms with Crippen LogP contribution in [0.3, 0.4) is 0 Å². The van der Waals surface area contributed by atoms with Gasteiger partial charge < -0.3 is 14.2 Å². The van der Waals surface area contributed by atoms with Crippen LogP contribution in [-0.2, 0) is 14.3 Å². The van der Waals surface area contributed by atoms with Gasteiger partial charge in [-0.1, -0.05) is 30.0 Å². The molecule has 1 aromatic carbocycles. The molecule has 5 nitrogen and oxygen atoms in total. The Morgan fingerprint density at radius 3 is 2.38 bits per heavy atom. The minimum Gasteiger partial charge on any atom is -0.497 e. The third-order valence-corrected chi connectivity index (χ3v) is 5.63. The first kappa shape index (κ1) is 21.0. The molecule has 1 aromatic rings. The Morgan fingerprint density at radius 1 is 1.15 bits per heavy atom. The van der Waals surface area contributed by atoms with Crippen LogP contribution in [0.15, 0.2) is 41.4 Å². The summed E-state index contributed by atoms with van der Waals surface area (Å²) in [6.45, 7) is 7.59. The van der Waals surface area contributed by atoms with Crippen LogP contribution in [0.2, 0.25) is 0 Å². The van der Waals surface area contributed by atoms with Crippen LogP contribution in [0.1, 0.15) is 26.3 Å². The maximum Gasteiger partial charge on any atom is 0.193 e. The molecule has 1 aliphatic rings. The molecule has 0 saturated heterocycles. The highest BCUT2D eigenvalue weighted by molar-refractivity contribution is 8.02. The second-order valence-corrected chi connectivity index (χ2v) is 7.04. The van der Waals surface area contributed by atoms with Gasteiger partial charge in [0.2, 0.25) is 0 Å². The number of benzene rings is 1. The summed E-state index contributed by atoms with van der Waals surface area (Å²) < 4.78 is 16.8. The van der Waals surface area contributed by atoms with E-state index in [9.17, 15) is 0 Å². The van der Waals surface area contributed by atoms with Gasteiger partial charge in [0, 0.05) is 25.5 Å². The van der Waals surface area contributed by atoms with E-state index >= 15 is 0 Å². The molecule has 2 unspecified atom stereocenters. The third kappa shape index (κ3) is 5.34. The smallest absolute Gasteiger partial charge is 0.193 e. The molecule has 0 fully saturated rings. The number of hydrogen-bond donors (Lipinski definition) is 0. The van der Waals surface area contributed by atoms with Crippen molar-refractivity contribution < 1.29 is 23.7 Å². The van der Waals surface area contributed by atoms with Crippen molar-refractivity contribution in [2.75, 3.05) is 34.0 Å². The molecular formula is C20H30NO4S+. The number of hydrogen-bond acceptors (Lipinski definition) is 5. The lowest BCUT2D eigenvalue weighted by molar-refractivity contribution is -1.06. The van der Waals surface area contributed by atoms with Crippen molar-refractivity contribution in [2.45, 2.75) is 32.4 Å². The fourth-order valence-electron chi connectivity index (χ4n) is 2.61. The standard InChI is InChI=1S/C20H30NO4S/c1-6-23-20(24-7-2)14-25-21(4)16(3)15-26-19(21)13-10-17-8-11-18(22-5)12-9-17/h8-13,15,19-20H,6-7,14H2,1-5H3/q+1. The average molecular weight is 381 g/mol. The molecule has 0 amide bonds. The zero-order valence-corrected chi connectivity index (χ0v) is 17.1. The number of rotatable bonds is 10. The minimum absolute atomic E-state index is 0.140. The molecule has 0 bridgehead atoms. The van der Waals surface area contributed by atoms with Crippen molar-refractivity contribution >= 4 is 17.8 Å². The fraction of sp³-hybridized carbons (Fsp3) is 0.500. The van der Waals surface area contributed by atoms with E-state index in [1.807, 2.05) is 38.1 Å². The van der Waals surface area contributed by atoms with Crippen LogP contribution in [0.25, 0.3) is 6.08 Å². The first-order valence-corrected chi connectivity index (χ1v) is 9.86. The lowest BCUT2D eigenvalue weighted by Crippen LogP contribution is -2.47. The Hall–Kier alpha value is -1.31. The van der Waals surface area contributed by atoms with E-state index in [0.717, 1.165) is 17.0 Å². The molecule has 0 aliphatic carbocycles. The summed E-state index contributed by atoms with van der Waals surface area (Å²) in [7, 11) is 3.75. The summed E-state index contributed by atoms with van der Waals surface area (Å²) >= 11 is 1.75. The number of hydroxylamine groups is 3. The van der Waals surface area contributed by atoms with Crippen molar-refractivity contribution in [1.82, 2.24) is 0 Å². The largest absolute Gasteiger partial charge is 0.497 e. The van der Waals surface area contributed by atoms with Gasteiger partial charge in [0.05, 0.1) is 7.11 Å². The lowest BCUT2D eigenvalue weighted by Gasteiger charge is -2.33. The number of allylic oxidation sites excluding steroid dienone is 1. The Bertz CT molecular complexity index is 611. The number of quaternary nitrogens is 1. The maximum absolute atomic E-state index is 6.23. The Kier molecular flexibility index (Phi) is 8.18. The van der Waals surface area contributed by atoms with Crippen molar-refractivity contribution in [3.8, 4) is 5.75 Å². The number of ether oxygens (including phenoxy) is 3. The molecule has 1 aliphatic heterocycles. The third-order valence-electron chi connectivity index (χ3n) is 4.32. The SMILES string of the molecule is CCOC(CO[N+]1(C)C(C)=CSC1C=Cc1ccc(OC)cc1)OCC. The maximum atomic E-state index is 6.23. The quantitative estimate of drug-likeness (QED) is 0.444. The molecule has 144 valence electrons. The van der Waals surface area contributed by atoms with Crippen LogP contribution in [0.4, 0.5) is 0 Å². The molecule has 2 rings (SSSR count). The zero-order chi connectivity index (χ0) is 19.0. The Labute approximate surface area is 161 Å². The molecule has 0 aromatic heterocycles. The Balaban J connectivity index is 2.03. The topological polar surface area (TPSA) is 36.9 Å². The van der Waals surface area contributed by atoms with E-state index in [1.165, 1.54) is 0 Å². The molecule has 0 N–H and O–H groups in total. The van der Waals surface area contributed by atoms with Gasteiger partial charge in [-0.25, -0.2) is 0 Å². The molecular weight excluding hydrogens is 350 g/mol. The van der Waals surface area contributed by atoms with E-state index < -0.39 is 0 Å². The molecule has 0 spiro atoms. The van der Waals surface area contributed by atoms with E-state index in [0.29, 0.717) is 24.5 Å². The van der Waals surface area contributed by atoms with Crippen molar-refractivity contribution in [1.29, 1.82) is 0 Å². The van der Waals surface area contributed by atoms with Gasteiger partial charge in [-0.2, -0.15) is 4.84 Å². The zero-order valence-electron chi connectivity index (χ0n) is 16.3. The number of likely N-dealkylation sites (N-methyl/N-ethyl adjacent to an activating group) is 1. The van der Waals surface area contributed by atoms with Gasteiger partial charge in [0.15, 0.2) is 18.3 Å². The molecule has 0 saturated carbocycles. The van der Waals surface area contributed by atoms with Crippen molar-refractivity contribution in [3.05, 3.63) is 47.0 Å². The molecule has 0 radical (unpaired) electrons. The predicted molar refractivity (Wildman–Crippen MR) is 106 cm³/mol. The van der Waals surface area contributed by atoms with Crippen molar-refractivity contribution in [2.24, 2.45) is 0 Å². The van der Waals surface area contributed by atoms with Gasteiger partial charge in [0.1, 0.15) is 18.5 Å². The average Bonchev–Trinajstić information content (AvgIpc) is 2.93. The highest BCUT2D eigenvalue weighted by Gasteiger charge is 2.41. The molecule has 26 heavy (non-hydrogen) atoms. The summed E-state index contributed by atoms with van der Waals surface area (Å²) in [5, 5.41) is 2.29. The number of thioether (sulfide) groups is 1. The van der Waals surface area contributed by atoms with Gasteiger partial charge in [-0.3, -0.25) is 0 Å². The summed E-state index contributed by atoms with van der Waals surface area (Å²) in [5.74, 6) is 0.858.